The average Bonchev–Trinajstić information content (AvgIpc) is 3.34. The van der Waals surface area contributed by atoms with Crippen LogP contribution in [0.5, 0.6) is 0 Å². The fourth-order valence-corrected chi connectivity index (χ4v) is 2.99. The van der Waals surface area contributed by atoms with Crippen molar-refractivity contribution in [2.24, 2.45) is 5.92 Å². The molecule has 1 unspecified atom stereocenters. The van der Waals surface area contributed by atoms with Crippen molar-refractivity contribution in [3.05, 3.63) is 48.0 Å². The molecule has 2 heterocycles. The van der Waals surface area contributed by atoms with E-state index < -0.39 is 11.9 Å². The van der Waals surface area contributed by atoms with Crippen molar-refractivity contribution >= 4 is 11.9 Å². The second kappa shape index (κ2) is 8.78. The second-order valence-corrected chi connectivity index (χ2v) is 6.59. The first-order chi connectivity index (χ1) is 11.9. The minimum absolute atomic E-state index is 0.0950. The summed E-state index contributed by atoms with van der Waals surface area (Å²) in [7, 11) is 0. The molecule has 2 fully saturated rings. The number of carboxylic acid groups (broad SMARTS) is 2. The van der Waals surface area contributed by atoms with Gasteiger partial charge >= 0.3 is 11.9 Å². The number of nitrogens with zero attached hydrogens (tertiary/aromatic N) is 1. The van der Waals surface area contributed by atoms with E-state index in [0.29, 0.717) is 12.2 Å². The summed E-state index contributed by atoms with van der Waals surface area (Å²) < 4.78 is 5.51. The summed E-state index contributed by atoms with van der Waals surface area (Å²) in [5.41, 5.74) is 1.58. The zero-order valence-electron chi connectivity index (χ0n) is 14.4. The highest BCUT2D eigenvalue weighted by Gasteiger charge is 2.46. The summed E-state index contributed by atoms with van der Waals surface area (Å²) in [4.78, 5) is 21.6. The maximum absolute atomic E-state index is 9.55. The van der Waals surface area contributed by atoms with Gasteiger partial charge in [0, 0.05) is 25.2 Å². The summed E-state index contributed by atoms with van der Waals surface area (Å²) in [5, 5.41) is 15.6. The lowest BCUT2D eigenvalue weighted by Crippen LogP contribution is -2.42. The summed E-state index contributed by atoms with van der Waals surface area (Å²) in [6, 6.07) is 10.9. The Morgan fingerprint density at radius 2 is 1.68 bits per heavy atom. The Labute approximate surface area is 147 Å². The number of hydrogen-bond acceptors (Lipinski definition) is 4. The first kappa shape index (κ1) is 19.1. The topological polar surface area (TPSA) is 90.4 Å². The van der Waals surface area contributed by atoms with Gasteiger partial charge in [-0.2, -0.15) is 0 Å². The number of aliphatic carboxylic acids is 2. The molecule has 2 N–H and O–H groups in total. The van der Waals surface area contributed by atoms with Gasteiger partial charge in [-0.25, -0.2) is 9.59 Å². The van der Waals surface area contributed by atoms with E-state index in [1.54, 1.807) is 0 Å². The van der Waals surface area contributed by atoms with Crippen LogP contribution in [0, 0.1) is 5.92 Å². The molecule has 0 spiro atoms. The van der Waals surface area contributed by atoms with E-state index in [-0.39, 0.29) is 5.72 Å². The monoisotopic (exact) mass is 347 g/mol. The van der Waals surface area contributed by atoms with Crippen molar-refractivity contribution in [2.45, 2.75) is 31.9 Å². The van der Waals surface area contributed by atoms with E-state index in [4.69, 9.17) is 14.9 Å². The van der Waals surface area contributed by atoms with Crippen LogP contribution in [0.15, 0.2) is 42.5 Å². The molecule has 0 aromatic heterocycles. The molecule has 0 aliphatic carbocycles. The maximum Gasteiger partial charge on any atom is 0.328 e. The molecule has 2 aliphatic heterocycles. The molecule has 0 bridgehead atoms. The number of ether oxygens (including phenoxy) is 1. The van der Waals surface area contributed by atoms with E-state index in [9.17, 15) is 9.59 Å². The largest absolute Gasteiger partial charge is 0.478 e. The standard InChI is InChI=1S/C15H21NO.C4H4O4/c1-15(12-17-15)16-9-7-14(8-10-16)11-13-5-3-2-4-6-13;5-3(6)1-2-4(7)8/h2-6,14H,7-12H2,1H3;1-2H,(H,5,6)(H,7,8). The predicted octanol–water partition coefficient (Wildman–Crippen LogP) is 2.40. The number of rotatable bonds is 5. The molecule has 1 atom stereocenters. The molecule has 6 heteroatoms. The lowest BCUT2D eigenvalue weighted by Gasteiger charge is -2.34. The van der Waals surface area contributed by atoms with E-state index >= 15 is 0 Å². The van der Waals surface area contributed by atoms with Gasteiger partial charge in [0.05, 0.1) is 6.61 Å². The smallest absolute Gasteiger partial charge is 0.328 e. The van der Waals surface area contributed by atoms with Crippen LogP contribution in [0.2, 0.25) is 0 Å². The van der Waals surface area contributed by atoms with Crippen LogP contribution in [-0.4, -0.2) is 52.5 Å². The van der Waals surface area contributed by atoms with E-state index in [1.165, 1.54) is 37.9 Å². The summed E-state index contributed by atoms with van der Waals surface area (Å²) in [6.07, 6.45) is 4.98. The Hall–Kier alpha value is -2.18. The lowest BCUT2D eigenvalue weighted by atomic mass is 9.90. The first-order valence-electron chi connectivity index (χ1n) is 8.46. The van der Waals surface area contributed by atoms with Crippen LogP contribution in [0.1, 0.15) is 25.3 Å². The number of piperidine rings is 1. The summed E-state index contributed by atoms with van der Waals surface area (Å²) in [6.45, 7) is 5.54. The zero-order valence-corrected chi connectivity index (χ0v) is 14.4. The Bertz CT molecular complexity index is 586. The number of likely N-dealkylation sites (tertiary alicyclic amines) is 1. The van der Waals surface area contributed by atoms with Crippen LogP contribution in [0.4, 0.5) is 0 Å². The molecular formula is C19H25NO5. The van der Waals surface area contributed by atoms with Gasteiger partial charge < -0.3 is 14.9 Å². The van der Waals surface area contributed by atoms with Crippen molar-refractivity contribution < 1.29 is 24.5 Å². The van der Waals surface area contributed by atoms with Gasteiger partial charge in [0.15, 0.2) is 0 Å². The van der Waals surface area contributed by atoms with Crippen LogP contribution >= 0.6 is 0 Å². The van der Waals surface area contributed by atoms with Crippen molar-refractivity contribution in [2.75, 3.05) is 19.7 Å². The van der Waals surface area contributed by atoms with E-state index in [0.717, 1.165) is 12.5 Å². The van der Waals surface area contributed by atoms with Gasteiger partial charge in [0.25, 0.3) is 0 Å². The fourth-order valence-electron chi connectivity index (χ4n) is 2.99. The lowest BCUT2D eigenvalue weighted by molar-refractivity contribution is -0.134. The van der Waals surface area contributed by atoms with Gasteiger partial charge in [-0.1, -0.05) is 30.3 Å². The average molecular weight is 347 g/mol. The normalized spacial score (nSPS) is 23.7. The molecule has 0 saturated carbocycles. The molecule has 136 valence electrons. The zero-order chi connectivity index (χ0) is 18.3. The molecule has 1 aromatic rings. The summed E-state index contributed by atoms with van der Waals surface area (Å²) in [5.74, 6) is -1.66. The SMILES string of the molecule is CC1(N2CCC(Cc3ccccc3)CC2)CO1.O=C(O)C=CC(=O)O. The number of benzene rings is 1. The number of hydrogen-bond donors (Lipinski definition) is 2. The van der Waals surface area contributed by atoms with Gasteiger partial charge in [-0.05, 0) is 37.7 Å². The van der Waals surface area contributed by atoms with Crippen molar-refractivity contribution in [3.63, 3.8) is 0 Å². The van der Waals surface area contributed by atoms with Crippen LogP contribution in [0.25, 0.3) is 0 Å². The van der Waals surface area contributed by atoms with Crippen LogP contribution in [-0.2, 0) is 20.7 Å². The molecule has 0 amide bonds. The molecule has 1 aromatic carbocycles. The molecule has 3 rings (SSSR count). The minimum atomic E-state index is -1.26. The van der Waals surface area contributed by atoms with Gasteiger partial charge in [0.2, 0.25) is 0 Å². The summed E-state index contributed by atoms with van der Waals surface area (Å²) >= 11 is 0. The number of carbonyl (C=O) groups is 2. The molecular weight excluding hydrogens is 322 g/mol. The number of carboxylic acids is 2. The minimum Gasteiger partial charge on any atom is -0.478 e. The van der Waals surface area contributed by atoms with Crippen molar-refractivity contribution in [1.29, 1.82) is 0 Å². The van der Waals surface area contributed by atoms with Gasteiger partial charge in [0.1, 0.15) is 5.72 Å². The van der Waals surface area contributed by atoms with Crippen molar-refractivity contribution in [1.82, 2.24) is 4.90 Å². The predicted molar refractivity (Wildman–Crippen MR) is 93.2 cm³/mol. The maximum atomic E-state index is 9.55. The first-order valence-corrected chi connectivity index (χ1v) is 8.46. The van der Waals surface area contributed by atoms with Gasteiger partial charge in [-0.3, -0.25) is 4.90 Å². The highest BCUT2D eigenvalue weighted by atomic mass is 16.6. The quantitative estimate of drug-likeness (QED) is 0.628. The van der Waals surface area contributed by atoms with E-state index in [2.05, 4.69) is 42.2 Å². The third kappa shape index (κ3) is 6.68. The van der Waals surface area contributed by atoms with E-state index in [1.807, 2.05) is 0 Å². The fraction of sp³-hybridized carbons (Fsp3) is 0.474. The van der Waals surface area contributed by atoms with Gasteiger partial charge in [-0.15, -0.1) is 0 Å². The molecule has 6 nitrogen and oxygen atoms in total. The third-order valence-corrected chi connectivity index (χ3v) is 4.58. The Kier molecular flexibility index (Phi) is 6.73. The highest BCUT2D eigenvalue weighted by Crippen LogP contribution is 2.34. The second-order valence-electron chi connectivity index (χ2n) is 6.59. The van der Waals surface area contributed by atoms with Crippen molar-refractivity contribution in [3.8, 4) is 0 Å². The van der Waals surface area contributed by atoms with Crippen LogP contribution < -0.4 is 0 Å². The third-order valence-electron chi connectivity index (χ3n) is 4.58. The molecule has 2 saturated heterocycles. The van der Waals surface area contributed by atoms with Crippen LogP contribution in [0.3, 0.4) is 0 Å². The Morgan fingerprint density at radius 1 is 1.16 bits per heavy atom. The number of epoxide rings is 1. The molecule has 25 heavy (non-hydrogen) atoms. The molecule has 0 radical (unpaired) electrons. The molecule has 2 aliphatic rings. The Morgan fingerprint density at radius 3 is 2.12 bits per heavy atom. The Balaban J connectivity index is 0.000000242. The highest BCUT2D eigenvalue weighted by molar-refractivity contribution is 5.89.